The third-order valence-corrected chi connectivity index (χ3v) is 17.4. The number of nitrogens with two attached hydrogens (primary N) is 1. The zero-order chi connectivity index (χ0) is 42.9. The van der Waals surface area contributed by atoms with E-state index in [0.29, 0.717) is 48.6 Å². The number of rotatable bonds is 16. The molecular weight excluding hydrogens is 729 g/mol. The molecule has 58 heavy (non-hydrogen) atoms. The van der Waals surface area contributed by atoms with E-state index in [1.807, 2.05) is 0 Å². The highest BCUT2D eigenvalue weighted by molar-refractivity contribution is 5.95. The molecule has 5 aliphatic carbocycles. The van der Waals surface area contributed by atoms with Gasteiger partial charge in [-0.2, -0.15) is 0 Å². The maximum absolute atomic E-state index is 14.5. The third-order valence-electron chi connectivity index (χ3n) is 17.4. The molecule has 10 nitrogen and oxygen atoms in total. The van der Waals surface area contributed by atoms with Gasteiger partial charge >= 0.3 is 6.09 Å². The number of carbonyl (C=O) groups is 4. The molecule has 0 aromatic heterocycles. The second kappa shape index (κ2) is 17.9. The number of ether oxygens (including phenoxy) is 1. The summed E-state index contributed by atoms with van der Waals surface area (Å²) in [6.07, 6.45) is 16.3. The van der Waals surface area contributed by atoms with E-state index in [2.05, 4.69) is 64.1 Å². The second-order valence-electron chi connectivity index (χ2n) is 22.1. The van der Waals surface area contributed by atoms with E-state index in [9.17, 15) is 24.3 Å². The van der Waals surface area contributed by atoms with Crippen molar-refractivity contribution in [1.82, 2.24) is 16.0 Å². The molecule has 330 valence electrons. The first-order valence-corrected chi connectivity index (χ1v) is 23.2. The molecule has 0 bridgehead atoms. The number of amides is 4. The van der Waals surface area contributed by atoms with Crippen molar-refractivity contribution in [3.05, 3.63) is 12.2 Å². The molecule has 5 fully saturated rings. The van der Waals surface area contributed by atoms with Crippen LogP contribution in [0.3, 0.4) is 0 Å². The Labute approximate surface area is 351 Å². The highest BCUT2D eigenvalue weighted by atomic mass is 16.6. The minimum absolute atomic E-state index is 0.0393. The van der Waals surface area contributed by atoms with Gasteiger partial charge in [0.2, 0.25) is 17.7 Å². The van der Waals surface area contributed by atoms with Crippen LogP contribution in [-0.4, -0.2) is 59.8 Å². The summed E-state index contributed by atoms with van der Waals surface area (Å²) in [6, 6.07) is -0.715. The Morgan fingerprint density at radius 2 is 1.47 bits per heavy atom. The van der Waals surface area contributed by atoms with Gasteiger partial charge in [0.05, 0.1) is 17.6 Å². The predicted molar refractivity (Wildman–Crippen MR) is 230 cm³/mol. The molecule has 5 rings (SSSR count). The summed E-state index contributed by atoms with van der Waals surface area (Å²) in [5.74, 6) is 1.74. The van der Waals surface area contributed by atoms with Gasteiger partial charge in [0.25, 0.3) is 0 Å². The topological polar surface area (TPSA) is 160 Å². The molecule has 0 radical (unpaired) electrons. The summed E-state index contributed by atoms with van der Waals surface area (Å²) in [7, 11) is 0. The molecule has 0 saturated heterocycles. The Morgan fingerprint density at radius 3 is 2.10 bits per heavy atom. The minimum Gasteiger partial charge on any atom is -0.444 e. The van der Waals surface area contributed by atoms with Crippen LogP contribution < -0.4 is 21.7 Å². The van der Waals surface area contributed by atoms with Crippen LogP contribution in [0.15, 0.2) is 12.2 Å². The van der Waals surface area contributed by atoms with Crippen LogP contribution in [0.1, 0.15) is 178 Å². The molecule has 0 unspecified atom stereocenters. The van der Waals surface area contributed by atoms with Crippen LogP contribution in [0.2, 0.25) is 0 Å². The Kier molecular flexibility index (Phi) is 14.4. The molecule has 0 aliphatic heterocycles. The smallest absolute Gasteiger partial charge is 0.414 e. The number of aliphatic hydroxyl groups excluding tert-OH is 1. The predicted octanol–water partition coefficient (Wildman–Crippen LogP) is 8.74. The highest BCUT2D eigenvalue weighted by Crippen LogP contribution is 2.77. The molecule has 4 amide bonds. The molecule has 11 atom stereocenters. The summed E-state index contributed by atoms with van der Waals surface area (Å²) in [5, 5.41) is 20.1. The van der Waals surface area contributed by atoms with Crippen molar-refractivity contribution in [2.24, 2.45) is 62.4 Å². The maximum Gasteiger partial charge on any atom is 0.414 e. The summed E-state index contributed by atoms with van der Waals surface area (Å²) in [5.41, 5.74) is 6.15. The van der Waals surface area contributed by atoms with Crippen molar-refractivity contribution in [3.63, 3.8) is 0 Å². The number of allylic oxidation sites excluding steroid dienone is 1. The van der Waals surface area contributed by atoms with Gasteiger partial charge in [-0.15, -0.1) is 0 Å². The number of fused-ring (bicyclic) bond motifs is 7. The van der Waals surface area contributed by atoms with Crippen molar-refractivity contribution >= 4 is 23.8 Å². The van der Waals surface area contributed by atoms with Crippen LogP contribution in [0.25, 0.3) is 0 Å². The van der Waals surface area contributed by atoms with Crippen LogP contribution in [0, 0.1) is 56.7 Å². The normalized spacial score (nSPS) is 36.9. The van der Waals surface area contributed by atoms with E-state index in [0.717, 1.165) is 77.0 Å². The Balaban J connectivity index is 1.10. The third kappa shape index (κ3) is 9.09. The fraction of sp³-hybridized carbons (Fsp3) is 0.875. The molecule has 0 aromatic rings. The largest absolute Gasteiger partial charge is 0.444 e. The minimum atomic E-state index is -0.810. The monoisotopic (exact) mass is 811 g/mol. The Hall–Kier alpha value is -2.46. The first-order valence-electron chi connectivity index (χ1n) is 23.2. The van der Waals surface area contributed by atoms with Gasteiger partial charge in [-0.05, 0) is 169 Å². The number of carbonyl (C=O) groups excluding carboxylic acids is 4. The molecule has 6 N–H and O–H groups in total. The fourth-order valence-corrected chi connectivity index (χ4v) is 14.2. The average molecular weight is 811 g/mol. The summed E-state index contributed by atoms with van der Waals surface area (Å²) >= 11 is 0. The lowest BCUT2D eigenvalue weighted by Gasteiger charge is -2.72. The van der Waals surface area contributed by atoms with Crippen LogP contribution in [0.5, 0.6) is 0 Å². The molecule has 5 aliphatic rings. The van der Waals surface area contributed by atoms with Crippen molar-refractivity contribution in [2.75, 3.05) is 13.1 Å². The van der Waals surface area contributed by atoms with Gasteiger partial charge in [0.15, 0.2) is 0 Å². The lowest BCUT2D eigenvalue weighted by Crippen LogP contribution is -2.67. The van der Waals surface area contributed by atoms with Gasteiger partial charge in [-0.3, -0.25) is 19.7 Å². The summed E-state index contributed by atoms with van der Waals surface area (Å²) < 4.78 is 5.20. The molecule has 10 heteroatoms. The zero-order valence-corrected chi connectivity index (χ0v) is 38.0. The van der Waals surface area contributed by atoms with Crippen molar-refractivity contribution < 1.29 is 29.0 Å². The maximum atomic E-state index is 14.5. The number of imide groups is 1. The van der Waals surface area contributed by atoms with Crippen LogP contribution >= 0.6 is 0 Å². The Bertz CT molecular complexity index is 1520. The Morgan fingerprint density at radius 1 is 0.810 bits per heavy atom. The van der Waals surface area contributed by atoms with Gasteiger partial charge in [0.1, 0.15) is 5.60 Å². The lowest BCUT2D eigenvalue weighted by molar-refractivity contribution is -0.246. The van der Waals surface area contributed by atoms with Crippen molar-refractivity contribution in [3.8, 4) is 0 Å². The number of hydrogen-bond donors (Lipinski definition) is 5. The lowest BCUT2D eigenvalue weighted by atomic mass is 9.32. The van der Waals surface area contributed by atoms with Crippen LogP contribution in [-0.2, 0) is 19.1 Å². The van der Waals surface area contributed by atoms with E-state index in [-0.39, 0.29) is 46.0 Å². The van der Waals surface area contributed by atoms with E-state index < -0.39 is 29.6 Å². The molecule has 0 heterocycles. The van der Waals surface area contributed by atoms with E-state index in [1.54, 1.807) is 20.8 Å². The summed E-state index contributed by atoms with van der Waals surface area (Å²) in [6.45, 7) is 25.7. The van der Waals surface area contributed by atoms with E-state index in [1.165, 1.54) is 31.3 Å². The number of hydrogen-bond acceptors (Lipinski definition) is 7. The van der Waals surface area contributed by atoms with Crippen LogP contribution in [0.4, 0.5) is 4.79 Å². The number of aliphatic hydroxyl groups is 1. The zero-order valence-electron chi connectivity index (χ0n) is 38.0. The molecule has 0 spiro atoms. The first kappa shape index (κ1) is 46.6. The molecule has 5 saturated carbocycles. The van der Waals surface area contributed by atoms with Crippen molar-refractivity contribution in [1.29, 1.82) is 0 Å². The summed E-state index contributed by atoms with van der Waals surface area (Å²) in [4.78, 5) is 50.7. The molecule has 0 aromatic carbocycles. The van der Waals surface area contributed by atoms with E-state index in [4.69, 9.17) is 10.5 Å². The SMILES string of the molecule is C=C(C)[C@@H]1CC[C@]2(C(=O)NCCCCCCCCN[C@@H](CCC(N)=O)C(=O)NC(=O)OC(C)(C)C)CC[C@]3(C)[C@H](CC[C@@H]4[C@@]5(C)CC[C@H](O)C(C)(C)[C@@H]5CC[C@]43C)[C@@H]12. The number of nitrogens with one attached hydrogen (secondary N) is 3. The van der Waals surface area contributed by atoms with Gasteiger partial charge in [0, 0.05) is 13.0 Å². The van der Waals surface area contributed by atoms with Crippen molar-refractivity contribution in [2.45, 2.75) is 196 Å². The second-order valence-corrected chi connectivity index (χ2v) is 22.1. The quantitative estimate of drug-likeness (QED) is 0.0770. The number of primary amides is 1. The highest BCUT2D eigenvalue weighted by Gasteiger charge is 2.71. The number of alkyl carbamates (subject to hydrolysis) is 1. The first-order chi connectivity index (χ1) is 27.0. The fourth-order valence-electron chi connectivity index (χ4n) is 14.2. The van der Waals surface area contributed by atoms with Gasteiger partial charge in [-0.1, -0.05) is 72.5 Å². The van der Waals surface area contributed by atoms with E-state index >= 15 is 0 Å². The molecular formula is C48H82N4O6. The average Bonchev–Trinajstić information content (AvgIpc) is 3.53. The van der Waals surface area contributed by atoms with Gasteiger partial charge < -0.3 is 26.2 Å². The standard InChI is InChI=1S/C48H82N4O6/c1-31(2)32-21-26-48(28-27-46(9)33(39(32)48)17-19-36-45(8)24-23-37(53)44(6,7)35(45)22-25-47(36,46)10)41(56)51-30-16-14-12-11-13-15-29-50-34(18-20-38(49)54)40(55)52-42(57)58-43(3,4)5/h32-37,39,50,53H,1,11-30H2,2-10H3,(H2,49,54)(H,51,56)(H,52,55,57)/t32-,33+,34-,35-,36+,37-,39+,45-,46+,47+,48-/m0/s1. The van der Waals surface area contributed by atoms with Gasteiger partial charge in [-0.25, -0.2) is 4.79 Å². The number of unbranched alkanes of at least 4 members (excludes halogenated alkanes) is 5.